The molecule has 3 heteroatoms. The molecule has 2 aromatic rings. The van der Waals surface area contributed by atoms with E-state index in [9.17, 15) is 5.11 Å². The van der Waals surface area contributed by atoms with E-state index >= 15 is 0 Å². The monoisotopic (exact) mass is 264 g/mol. The maximum atomic E-state index is 10.9. The van der Waals surface area contributed by atoms with Crippen LogP contribution in [0.25, 0.3) is 0 Å². The van der Waals surface area contributed by atoms with Gasteiger partial charge in [-0.15, -0.1) is 0 Å². The summed E-state index contributed by atoms with van der Waals surface area (Å²) in [6.45, 7) is 1.80. The van der Waals surface area contributed by atoms with Gasteiger partial charge < -0.3 is 10.4 Å². The van der Waals surface area contributed by atoms with E-state index < -0.39 is 5.60 Å². The molecule has 0 bridgehead atoms. The Morgan fingerprint density at radius 2 is 2.05 bits per heavy atom. The minimum absolute atomic E-state index is 0.0890. The largest absolute Gasteiger partial charge is 0.383 e. The van der Waals surface area contributed by atoms with Crippen molar-refractivity contribution in [3.63, 3.8) is 0 Å². The lowest BCUT2D eigenvalue weighted by Crippen LogP contribution is -2.40. The van der Waals surface area contributed by atoms with Gasteiger partial charge in [-0.1, -0.05) is 30.3 Å². The Morgan fingerprint density at radius 3 is 2.80 bits per heavy atom. The summed E-state index contributed by atoms with van der Waals surface area (Å²) in [6.07, 6.45) is 0.778. The number of nitriles is 1. The van der Waals surface area contributed by atoms with Crippen molar-refractivity contribution in [1.82, 2.24) is 0 Å². The molecule has 20 heavy (non-hydrogen) atoms. The second kappa shape index (κ2) is 4.66. The molecule has 2 aromatic carbocycles. The Balaban J connectivity index is 1.92. The van der Waals surface area contributed by atoms with Crippen molar-refractivity contribution in [3.8, 4) is 6.07 Å². The molecule has 0 spiro atoms. The highest BCUT2D eigenvalue weighted by molar-refractivity contribution is 5.58. The van der Waals surface area contributed by atoms with Crippen LogP contribution in [-0.4, -0.2) is 11.1 Å². The summed E-state index contributed by atoms with van der Waals surface area (Å²) in [7, 11) is 0. The predicted molar refractivity (Wildman–Crippen MR) is 78.3 cm³/mol. The van der Waals surface area contributed by atoms with Gasteiger partial charge in [0.1, 0.15) is 5.60 Å². The topological polar surface area (TPSA) is 56.0 Å². The molecule has 0 radical (unpaired) electrons. The molecule has 2 N–H and O–H groups in total. The van der Waals surface area contributed by atoms with E-state index in [4.69, 9.17) is 5.26 Å². The Labute approximate surface area is 118 Å². The maximum Gasteiger partial charge on any atom is 0.107 e. The number of fused-ring (bicyclic) bond motifs is 1. The number of benzene rings is 2. The van der Waals surface area contributed by atoms with Crippen LogP contribution in [0, 0.1) is 11.3 Å². The summed E-state index contributed by atoms with van der Waals surface area (Å²) in [4.78, 5) is 0. The number of hydrogen-bond donors (Lipinski definition) is 2. The number of aliphatic hydroxyl groups is 1. The first kappa shape index (κ1) is 12.7. The third-order valence-corrected chi connectivity index (χ3v) is 4.03. The van der Waals surface area contributed by atoms with Crippen LogP contribution < -0.4 is 5.32 Å². The number of hydrogen-bond acceptors (Lipinski definition) is 3. The van der Waals surface area contributed by atoms with Gasteiger partial charge in [0.2, 0.25) is 0 Å². The minimum Gasteiger partial charge on any atom is -0.383 e. The lowest BCUT2D eigenvalue weighted by Gasteiger charge is -2.31. The van der Waals surface area contributed by atoms with Crippen molar-refractivity contribution in [2.45, 2.75) is 25.0 Å². The van der Waals surface area contributed by atoms with E-state index in [2.05, 4.69) is 17.5 Å². The van der Waals surface area contributed by atoms with Gasteiger partial charge in [-0.25, -0.2) is 0 Å². The van der Waals surface area contributed by atoms with Gasteiger partial charge in [0.25, 0.3) is 0 Å². The van der Waals surface area contributed by atoms with Crippen LogP contribution in [0.15, 0.2) is 48.5 Å². The number of para-hydroxylation sites is 1. The van der Waals surface area contributed by atoms with Gasteiger partial charge in [-0.2, -0.15) is 5.26 Å². The number of nitrogens with one attached hydrogen (secondary N) is 1. The van der Waals surface area contributed by atoms with Crippen LogP contribution in [0.5, 0.6) is 0 Å². The standard InChI is InChI=1S/C17H16N2O/c1-17(20,14-7-4-5-12(9-14)11-18)16-10-13-6-2-3-8-15(13)19-16/h2-9,16,19-20H,10H2,1H3. The summed E-state index contributed by atoms with van der Waals surface area (Å²) in [5.41, 5.74) is 2.61. The minimum atomic E-state index is -1.02. The van der Waals surface area contributed by atoms with Crippen LogP contribution in [0.1, 0.15) is 23.6 Å². The van der Waals surface area contributed by atoms with Crippen molar-refractivity contribution in [3.05, 3.63) is 65.2 Å². The van der Waals surface area contributed by atoms with Crippen LogP contribution in [0.4, 0.5) is 5.69 Å². The predicted octanol–water partition coefficient (Wildman–Crippen LogP) is 2.80. The normalized spacial score (nSPS) is 19.6. The highest BCUT2D eigenvalue weighted by Gasteiger charge is 2.37. The van der Waals surface area contributed by atoms with Crippen LogP contribution in [-0.2, 0) is 12.0 Å². The molecule has 2 atom stereocenters. The molecule has 0 aliphatic carbocycles. The average molecular weight is 264 g/mol. The molecule has 0 fully saturated rings. The first-order valence-corrected chi connectivity index (χ1v) is 6.69. The zero-order valence-electron chi connectivity index (χ0n) is 11.3. The fourth-order valence-electron chi connectivity index (χ4n) is 2.74. The van der Waals surface area contributed by atoms with E-state index in [1.54, 1.807) is 19.1 Å². The molecule has 0 saturated heterocycles. The van der Waals surface area contributed by atoms with Crippen LogP contribution >= 0.6 is 0 Å². The van der Waals surface area contributed by atoms with Gasteiger partial charge in [0.05, 0.1) is 17.7 Å². The smallest absolute Gasteiger partial charge is 0.107 e. The van der Waals surface area contributed by atoms with Gasteiger partial charge in [-0.05, 0) is 42.7 Å². The first-order chi connectivity index (χ1) is 9.61. The van der Waals surface area contributed by atoms with Gasteiger partial charge in [0.15, 0.2) is 0 Å². The fraction of sp³-hybridized carbons (Fsp3) is 0.235. The Bertz CT molecular complexity index is 660. The molecule has 2 unspecified atom stereocenters. The van der Waals surface area contributed by atoms with Crippen molar-refractivity contribution >= 4 is 5.69 Å². The molecule has 0 amide bonds. The Hall–Kier alpha value is -2.31. The zero-order chi connectivity index (χ0) is 14.2. The lowest BCUT2D eigenvalue weighted by molar-refractivity contribution is 0.0381. The molecule has 3 rings (SSSR count). The molecular formula is C17H16N2O. The van der Waals surface area contributed by atoms with E-state index in [0.717, 1.165) is 17.7 Å². The van der Waals surface area contributed by atoms with Crippen molar-refractivity contribution in [2.75, 3.05) is 5.32 Å². The average Bonchev–Trinajstić information content (AvgIpc) is 2.92. The molecule has 1 heterocycles. The summed E-state index contributed by atoms with van der Waals surface area (Å²) in [5.74, 6) is 0. The van der Waals surface area contributed by atoms with E-state index in [1.165, 1.54) is 5.56 Å². The summed E-state index contributed by atoms with van der Waals surface area (Å²) < 4.78 is 0. The number of anilines is 1. The highest BCUT2D eigenvalue weighted by atomic mass is 16.3. The molecule has 100 valence electrons. The number of rotatable bonds is 2. The second-order valence-corrected chi connectivity index (χ2v) is 5.40. The Morgan fingerprint density at radius 1 is 1.25 bits per heavy atom. The molecule has 0 saturated carbocycles. The second-order valence-electron chi connectivity index (χ2n) is 5.40. The SMILES string of the molecule is CC(O)(c1cccc(C#N)c1)C1Cc2ccccc2N1. The lowest BCUT2D eigenvalue weighted by atomic mass is 9.86. The van der Waals surface area contributed by atoms with Crippen LogP contribution in [0.3, 0.4) is 0 Å². The summed E-state index contributed by atoms with van der Waals surface area (Å²) >= 11 is 0. The summed E-state index contributed by atoms with van der Waals surface area (Å²) in [5, 5.41) is 23.3. The molecule has 3 nitrogen and oxygen atoms in total. The van der Waals surface area contributed by atoms with E-state index in [0.29, 0.717) is 5.56 Å². The van der Waals surface area contributed by atoms with Crippen molar-refractivity contribution in [1.29, 1.82) is 5.26 Å². The Kier molecular flexibility index (Phi) is 2.96. The molecule has 0 aromatic heterocycles. The maximum absolute atomic E-state index is 10.9. The third kappa shape index (κ3) is 2.04. The summed E-state index contributed by atoms with van der Waals surface area (Å²) in [6, 6.07) is 17.3. The molecule has 1 aliphatic heterocycles. The van der Waals surface area contributed by atoms with Gasteiger partial charge >= 0.3 is 0 Å². The first-order valence-electron chi connectivity index (χ1n) is 6.69. The fourth-order valence-corrected chi connectivity index (χ4v) is 2.74. The highest BCUT2D eigenvalue weighted by Crippen LogP contribution is 2.35. The third-order valence-electron chi connectivity index (χ3n) is 4.03. The van der Waals surface area contributed by atoms with E-state index in [-0.39, 0.29) is 6.04 Å². The van der Waals surface area contributed by atoms with Gasteiger partial charge in [-0.3, -0.25) is 0 Å². The molecular weight excluding hydrogens is 248 g/mol. The van der Waals surface area contributed by atoms with Gasteiger partial charge in [0, 0.05) is 5.69 Å². The quantitative estimate of drug-likeness (QED) is 0.877. The van der Waals surface area contributed by atoms with Crippen LogP contribution in [0.2, 0.25) is 0 Å². The zero-order valence-corrected chi connectivity index (χ0v) is 11.3. The van der Waals surface area contributed by atoms with Crippen molar-refractivity contribution in [2.24, 2.45) is 0 Å². The van der Waals surface area contributed by atoms with E-state index in [1.807, 2.05) is 30.3 Å². The molecule has 1 aliphatic rings. The number of nitrogens with zero attached hydrogens (tertiary/aromatic N) is 1. The van der Waals surface area contributed by atoms with Crippen molar-refractivity contribution < 1.29 is 5.11 Å².